The van der Waals surface area contributed by atoms with E-state index in [1.165, 1.54) is 6.26 Å². The number of benzene rings is 1. The smallest absolute Gasteiger partial charge is 0.291 e. The molecule has 0 unspecified atom stereocenters. The first kappa shape index (κ1) is 12.2. The molecule has 0 saturated carbocycles. The minimum absolute atomic E-state index is 0.258. The molecule has 17 heavy (non-hydrogen) atoms. The molecule has 0 radical (unpaired) electrons. The Morgan fingerprint density at radius 1 is 1.29 bits per heavy atom. The van der Waals surface area contributed by atoms with Crippen LogP contribution in [0.25, 0.3) is 0 Å². The minimum atomic E-state index is -0.307. The normalized spacial score (nSPS) is 10.2. The van der Waals surface area contributed by atoms with E-state index < -0.39 is 0 Å². The molecule has 0 atom stereocenters. The Hall–Kier alpha value is -1.27. The number of carbonyl (C=O) groups is 1. The molecule has 0 fully saturated rings. The van der Waals surface area contributed by atoms with Crippen LogP contribution in [0.3, 0.4) is 0 Å². The number of nitrogens with one attached hydrogen (secondary N) is 1. The van der Waals surface area contributed by atoms with Crippen LogP contribution in [0, 0.1) is 0 Å². The third-order valence-corrected chi connectivity index (χ3v) is 3.39. The first-order chi connectivity index (χ1) is 8.08. The molecule has 0 spiro atoms. The molecule has 0 saturated heterocycles. The van der Waals surface area contributed by atoms with Crippen LogP contribution in [0.5, 0.6) is 0 Å². The van der Waals surface area contributed by atoms with E-state index in [1.54, 1.807) is 24.3 Å². The molecule has 2 aromatic rings. The Morgan fingerprint density at radius 3 is 2.47 bits per heavy atom. The van der Waals surface area contributed by atoms with Gasteiger partial charge in [-0.15, -0.1) is 0 Å². The molecule has 0 bridgehead atoms. The van der Waals surface area contributed by atoms with Crippen molar-refractivity contribution in [2.45, 2.75) is 0 Å². The van der Waals surface area contributed by atoms with Crippen molar-refractivity contribution in [3.05, 3.63) is 45.2 Å². The number of nitrogens with two attached hydrogens (primary N) is 1. The van der Waals surface area contributed by atoms with Crippen molar-refractivity contribution >= 4 is 49.1 Å². The summed E-state index contributed by atoms with van der Waals surface area (Å²) in [6.45, 7) is 0. The highest BCUT2D eigenvalue weighted by atomic mass is 79.9. The summed E-state index contributed by atoms with van der Waals surface area (Å²) in [7, 11) is 0. The molecule has 0 aliphatic heterocycles. The molecule has 1 aromatic carbocycles. The maximum absolute atomic E-state index is 11.7. The standard InChI is InChI=1S/C11H8Br2N2O2/c12-7-4-6(5-8(13)10(7)14)15-11(16)9-2-1-3-17-9/h1-5H,14H2,(H,15,16). The quantitative estimate of drug-likeness (QED) is 0.804. The molecule has 0 aliphatic carbocycles. The molecule has 4 nitrogen and oxygen atoms in total. The summed E-state index contributed by atoms with van der Waals surface area (Å²) in [5, 5.41) is 2.70. The number of amides is 1. The Morgan fingerprint density at radius 2 is 1.94 bits per heavy atom. The van der Waals surface area contributed by atoms with Crippen molar-refractivity contribution in [1.82, 2.24) is 0 Å². The predicted molar refractivity (Wildman–Crippen MR) is 72.9 cm³/mol. The topological polar surface area (TPSA) is 68.3 Å². The highest BCUT2D eigenvalue weighted by molar-refractivity contribution is 9.11. The third kappa shape index (κ3) is 2.70. The number of rotatable bonds is 2. The van der Waals surface area contributed by atoms with Crippen LogP contribution >= 0.6 is 31.9 Å². The Kier molecular flexibility index (Phi) is 3.54. The fourth-order valence-electron chi connectivity index (χ4n) is 1.26. The van der Waals surface area contributed by atoms with Crippen molar-refractivity contribution in [2.75, 3.05) is 11.1 Å². The average Bonchev–Trinajstić information content (AvgIpc) is 2.79. The predicted octanol–water partition coefficient (Wildman–Crippen LogP) is 3.64. The average molecular weight is 360 g/mol. The van der Waals surface area contributed by atoms with Gasteiger partial charge < -0.3 is 15.5 Å². The van der Waals surface area contributed by atoms with Gasteiger partial charge in [0.15, 0.2) is 5.76 Å². The number of halogens is 2. The van der Waals surface area contributed by atoms with E-state index in [2.05, 4.69) is 37.2 Å². The van der Waals surface area contributed by atoms with E-state index in [9.17, 15) is 4.79 Å². The second-order valence-corrected chi connectivity index (χ2v) is 4.99. The summed E-state index contributed by atoms with van der Waals surface area (Å²) in [6.07, 6.45) is 1.45. The fourth-order valence-corrected chi connectivity index (χ4v) is 2.44. The monoisotopic (exact) mass is 358 g/mol. The highest BCUT2D eigenvalue weighted by Gasteiger charge is 2.10. The summed E-state index contributed by atoms with van der Waals surface area (Å²) in [5.74, 6) is -0.0485. The van der Waals surface area contributed by atoms with E-state index in [1.807, 2.05) is 0 Å². The second-order valence-electron chi connectivity index (χ2n) is 3.28. The van der Waals surface area contributed by atoms with Crippen LogP contribution in [0.1, 0.15) is 10.6 Å². The van der Waals surface area contributed by atoms with Gasteiger partial charge in [0.1, 0.15) is 0 Å². The fraction of sp³-hybridized carbons (Fsp3) is 0. The van der Waals surface area contributed by atoms with Gasteiger partial charge in [-0.25, -0.2) is 0 Å². The van der Waals surface area contributed by atoms with Gasteiger partial charge in [-0.2, -0.15) is 0 Å². The lowest BCUT2D eigenvalue weighted by molar-refractivity contribution is 0.0996. The van der Waals surface area contributed by atoms with Crippen LogP contribution in [-0.2, 0) is 0 Å². The third-order valence-electron chi connectivity index (χ3n) is 2.08. The van der Waals surface area contributed by atoms with Gasteiger partial charge in [0.05, 0.1) is 12.0 Å². The molecule has 1 heterocycles. The van der Waals surface area contributed by atoms with Gasteiger partial charge in [-0.1, -0.05) is 0 Å². The number of anilines is 2. The number of nitrogen functional groups attached to an aromatic ring is 1. The van der Waals surface area contributed by atoms with Crippen molar-refractivity contribution < 1.29 is 9.21 Å². The van der Waals surface area contributed by atoms with Gasteiger partial charge in [-0.05, 0) is 56.1 Å². The maximum Gasteiger partial charge on any atom is 0.291 e. The Bertz CT molecular complexity index is 530. The van der Waals surface area contributed by atoms with Crippen molar-refractivity contribution in [3.8, 4) is 0 Å². The van der Waals surface area contributed by atoms with E-state index in [4.69, 9.17) is 10.2 Å². The van der Waals surface area contributed by atoms with Gasteiger partial charge >= 0.3 is 0 Å². The number of furan rings is 1. The number of carbonyl (C=O) groups excluding carboxylic acids is 1. The van der Waals surface area contributed by atoms with Crippen molar-refractivity contribution in [1.29, 1.82) is 0 Å². The first-order valence-electron chi connectivity index (χ1n) is 4.67. The number of hydrogen-bond acceptors (Lipinski definition) is 3. The summed E-state index contributed by atoms with van der Waals surface area (Å²) in [4.78, 5) is 11.7. The van der Waals surface area contributed by atoms with E-state index in [0.29, 0.717) is 20.3 Å². The summed E-state index contributed by atoms with van der Waals surface area (Å²) in [6, 6.07) is 6.70. The largest absolute Gasteiger partial charge is 0.459 e. The molecule has 0 aliphatic rings. The SMILES string of the molecule is Nc1c(Br)cc(NC(=O)c2ccco2)cc1Br. The number of hydrogen-bond donors (Lipinski definition) is 2. The molecule has 6 heteroatoms. The molecule has 1 amide bonds. The zero-order valence-electron chi connectivity index (χ0n) is 8.54. The zero-order chi connectivity index (χ0) is 12.4. The van der Waals surface area contributed by atoms with Crippen molar-refractivity contribution in [2.24, 2.45) is 0 Å². The van der Waals surface area contributed by atoms with Gasteiger partial charge in [-0.3, -0.25) is 4.79 Å². The Labute approximate surface area is 114 Å². The van der Waals surface area contributed by atoms with Gasteiger partial charge in [0, 0.05) is 14.6 Å². The van der Waals surface area contributed by atoms with E-state index in [0.717, 1.165) is 0 Å². The van der Waals surface area contributed by atoms with Crippen LogP contribution in [0.2, 0.25) is 0 Å². The molecule has 2 rings (SSSR count). The maximum atomic E-state index is 11.7. The molecular formula is C11H8Br2N2O2. The van der Waals surface area contributed by atoms with Crippen LogP contribution < -0.4 is 11.1 Å². The molecule has 88 valence electrons. The first-order valence-corrected chi connectivity index (χ1v) is 6.26. The summed E-state index contributed by atoms with van der Waals surface area (Å²) >= 11 is 6.61. The van der Waals surface area contributed by atoms with Crippen LogP contribution in [0.15, 0.2) is 43.9 Å². The lowest BCUT2D eigenvalue weighted by Crippen LogP contribution is -2.11. The Balaban J connectivity index is 2.22. The summed E-state index contributed by atoms with van der Waals surface area (Å²) in [5.41, 5.74) is 6.96. The molecular weight excluding hydrogens is 352 g/mol. The van der Waals surface area contributed by atoms with E-state index >= 15 is 0 Å². The summed E-state index contributed by atoms with van der Waals surface area (Å²) < 4.78 is 6.41. The minimum Gasteiger partial charge on any atom is -0.459 e. The van der Waals surface area contributed by atoms with Gasteiger partial charge in [0.25, 0.3) is 5.91 Å². The van der Waals surface area contributed by atoms with E-state index in [-0.39, 0.29) is 11.7 Å². The zero-order valence-corrected chi connectivity index (χ0v) is 11.7. The van der Waals surface area contributed by atoms with Crippen molar-refractivity contribution in [3.63, 3.8) is 0 Å². The lowest BCUT2D eigenvalue weighted by Gasteiger charge is -2.07. The van der Waals surface area contributed by atoms with Crippen LogP contribution in [-0.4, -0.2) is 5.91 Å². The van der Waals surface area contributed by atoms with Gasteiger partial charge in [0.2, 0.25) is 0 Å². The lowest BCUT2D eigenvalue weighted by atomic mass is 10.3. The molecule has 3 N–H and O–H groups in total. The highest BCUT2D eigenvalue weighted by Crippen LogP contribution is 2.31. The second kappa shape index (κ2) is 4.93. The van der Waals surface area contributed by atoms with Crippen LogP contribution in [0.4, 0.5) is 11.4 Å². The molecule has 1 aromatic heterocycles.